The number of rotatable bonds is 4. The summed E-state index contributed by atoms with van der Waals surface area (Å²) in [6, 6.07) is 3.13. The lowest BCUT2D eigenvalue weighted by Crippen LogP contribution is -2.50. The fourth-order valence-corrected chi connectivity index (χ4v) is 2.92. The van der Waals surface area contributed by atoms with Crippen LogP contribution in [-0.4, -0.2) is 31.2 Å². The molecule has 1 aromatic carbocycles. The molecular formula is C16H20F3N3O2. The van der Waals surface area contributed by atoms with E-state index >= 15 is 0 Å². The van der Waals surface area contributed by atoms with Crippen molar-refractivity contribution in [1.29, 1.82) is 0 Å². The monoisotopic (exact) mass is 343 g/mol. The highest BCUT2D eigenvalue weighted by Crippen LogP contribution is 2.35. The number of alkyl halides is 3. The third-order valence-electron chi connectivity index (χ3n) is 4.14. The van der Waals surface area contributed by atoms with Crippen LogP contribution < -0.4 is 16.0 Å². The van der Waals surface area contributed by atoms with Crippen molar-refractivity contribution in [2.45, 2.75) is 37.9 Å². The second-order valence-corrected chi connectivity index (χ2v) is 5.82. The van der Waals surface area contributed by atoms with Gasteiger partial charge in [0.05, 0.1) is 0 Å². The molecule has 1 aliphatic rings. The molecule has 1 aliphatic carbocycles. The van der Waals surface area contributed by atoms with Crippen LogP contribution in [0.4, 0.5) is 23.7 Å². The Bertz CT molecular complexity index is 581. The first kappa shape index (κ1) is 18.1. The predicted octanol–water partition coefficient (Wildman–Crippen LogP) is 3.29. The van der Waals surface area contributed by atoms with Gasteiger partial charge in [0, 0.05) is 18.3 Å². The Labute approximate surface area is 138 Å². The Morgan fingerprint density at radius 2 is 1.71 bits per heavy atom. The van der Waals surface area contributed by atoms with Crippen molar-refractivity contribution in [3.8, 4) is 0 Å². The first-order chi connectivity index (χ1) is 11.3. The number of nitrogens with one attached hydrogen (secondary N) is 3. The highest BCUT2D eigenvalue weighted by Gasteiger charge is 2.46. The Hall–Kier alpha value is -2.25. The van der Waals surface area contributed by atoms with Gasteiger partial charge in [-0.25, -0.2) is 4.79 Å². The fraction of sp³-hybridized carbons (Fsp3) is 0.500. The van der Waals surface area contributed by atoms with E-state index in [0.29, 0.717) is 24.1 Å². The molecule has 1 atom stereocenters. The maximum absolute atomic E-state index is 13.2. The SMILES string of the molecule is CNC(=O)c1ccc(NC(=O)N[C@@H](C2CCCC2)C(F)(F)F)cc1. The molecule has 1 saturated carbocycles. The highest BCUT2D eigenvalue weighted by molar-refractivity contribution is 5.95. The van der Waals surface area contributed by atoms with E-state index in [1.165, 1.54) is 31.3 Å². The maximum Gasteiger partial charge on any atom is 0.408 e. The zero-order chi connectivity index (χ0) is 17.7. The van der Waals surface area contributed by atoms with E-state index in [1.54, 1.807) is 0 Å². The zero-order valence-electron chi connectivity index (χ0n) is 13.2. The summed E-state index contributed by atoms with van der Waals surface area (Å²) in [6.45, 7) is 0. The van der Waals surface area contributed by atoms with Crippen LogP contribution in [0.5, 0.6) is 0 Å². The quantitative estimate of drug-likeness (QED) is 0.785. The number of hydrogen-bond donors (Lipinski definition) is 3. The number of benzene rings is 1. The number of carbonyl (C=O) groups is 2. The van der Waals surface area contributed by atoms with Gasteiger partial charge in [-0.1, -0.05) is 12.8 Å². The predicted molar refractivity (Wildman–Crippen MR) is 83.8 cm³/mol. The van der Waals surface area contributed by atoms with Crippen molar-refractivity contribution < 1.29 is 22.8 Å². The van der Waals surface area contributed by atoms with Gasteiger partial charge in [-0.05, 0) is 43.0 Å². The minimum Gasteiger partial charge on any atom is -0.355 e. The summed E-state index contributed by atoms with van der Waals surface area (Å²) in [5, 5.41) is 6.86. The fourth-order valence-electron chi connectivity index (χ4n) is 2.92. The van der Waals surface area contributed by atoms with Gasteiger partial charge in [0.25, 0.3) is 5.91 Å². The third-order valence-corrected chi connectivity index (χ3v) is 4.14. The van der Waals surface area contributed by atoms with Crippen molar-refractivity contribution in [2.24, 2.45) is 5.92 Å². The second kappa shape index (κ2) is 7.55. The number of anilines is 1. The van der Waals surface area contributed by atoms with Crippen LogP contribution in [0.2, 0.25) is 0 Å². The molecule has 5 nitrogen and oxygen atoms in total. The van der Waals surface area contributed by atoms with Gasteiger partial charge in [-0.15, -0.1) is 0 Å². The van der Waals surface area contributed by atoms with Gasteiger partial charge in [0.15, 0.2) is 0 Å². The molecule has 3 N–H and O–H groups in total. The van der Waals surface area contributed by atoms with E-state index in [4.69, 9.17) is 0 Å². The third kappa shape index (κ3) is 4.62. The van der Waals surface area contributed by atoms with Crippen molar-refractivity contribution in [3.63, 3.8) is 0 Å². The van der Waals surface area contributed by atoms with E-state index < -0.39 is 24.2 Å². The number of urea groups is 1. The van der Waals surface area contributed by atoms with Gasteiger partial charge in [0.1, 0.15) is 6.04 Å². The van der Waals surface area contributed by atoms with Gasteiger partial charge in [-0.3, -0.25) is 4.79 Å². The molecule has 24 heavy (non-hydrogen) atoms. The Morgan fingerprint density at radius 1 is 1.12 bits per heavy atom. The second-order valence-electron chi connectivity index (χ2n) is 5.82. The van der Waals surface area contributed by atoms with E-state index in [2.05, 4.69) is 10.6 Å². The molecule has 0 saturated heterocycles. The summed E-state index contributed by atoms with van der Waals surface area (Å²) in [5.41, 5.74) is 0.704. The number of amides is 3. The smallest absolute Gasteiger partial charge is 0.355 e. The van der Waals surface area contributed by atoms with Crippen molar-refractivity contribution in [3.05, 3.63) is 29.8 Å². The summed E-state index contributed by atoms with van der Waals surface area (Å²) < 4.78 is 39.5. The average Bonchev–Trinajstić information content (AvgIpc) is 3.05. The molecule has 8 heteroatoms. The molecular weight excluding hydrogens is 323 g/mol. The minimum atomic E-state index is -4.48. The maximum atomic E-state index is 13.2. The first-order valence-electron chi connectivity index (χ1n) is 7.77. The lowest BCUT2D eigenvalue weighted by atomic mass is 9.98. The summed E-state index contributed by atoms with van der Waals surface area (Å²) in [4.78, 5) is 23.3. The summed E-state index contributed by atoms with van der Waals surface area (Å²) in [6.07, 6.45) is -2.05. The van der Waals surface area contributed by atoms with Crippen molar-refractivity contribution in [2.75, 3.05) is 12.4 Å². The number of carbonyl (C=O) groups excluding carboxylic acids is 2. The molecule has 0 heterocycles. The van der Waals surface area contributed by atoms with Gasteiger partial charge in [-0.2, -0.15) is 13.2 Å². The molecule has 132 valence electrons. The van der Waals surface area contributed by atoms with Crippen molar-refractivity contribution >= 4 is 17.6 Å². The van der Waals surface area contributed by atoms with Gasteiger partial charge in [0.2, 0.25) is 0 Å². The Kier molecular flexibility index (Phi) is 5.69. The summed E-state index contributed by atoms with van der Waals surface area (Å²) in [7, 11) is 1.49. The van der Waals surface area contributed by atoms with Crippen LogP contribution >= 0.6 is 0 Å². The average molecular weight is 343 g/mol. The first-order valence-corrected chi connectivity index (χ1v) is 7.77. The molecule has 0 aliphatic heterocycles. The van der Waals surface area contributed by atoms with E-state index in [1.807, 2.05) is 5.32 Å². The van der Waals surface area contributed by atoms with Crippen molar-refractivity contribution in [1.82, 2.24) is 10.6 Å². The van der Waals surface area contributed by atoms with E-state index in [9.17, 15) is 22.8 Å². The number of halogens is 3. The molecule has 1 fully saturated rings. The van der Waals surface area contributed by atoms with Gasteiger partial charge >= 0.3 is 12.2 Å². The molecule has 0 radical (unpaired) electrons. The molecule has 0 spiro atoms. The lowest BCUT2D eigenvalue weighted by Gasteiger charge is -2.27. The normalized spacial score (nSPS) is 16.5. The van der Waals surface area contributed by atoms with E-state index in [-0.39, 0.29) is 5.91 Å². The molecule has 0 aromatic heterocycles. The summed E-state index contributed by atoms with van der Waals surface area (Å²) >= 11 is 0. The standard InChI is InChI=1S/C16H20F3N3O2/c1-20-14(23)11-6-8-12(9-7-11)21-15(24)22-13(16(17,18)19)10-4-2-3-5-10/h6-10,13H,2-5H2,1H3,(H,20,23)(H2,21,22,24)/t13-/m0/s1. The number of hydrogen-bond acceptors (Lipinski definition) is 2. The Balaban J connectivity index is 1.99. The summed E-state index contributed by atoms with van der Waals surface area (Å²) in [5.74, 6) is -0.865. The zero-order valence-corrected chi connectivity index (χ0v) is 13.2. The molecule has 2 rings (SSSR count). The van der Waals surface area contributed by atoms with Gasteiger partial charge < -0.3 is 16.0 Å². The van der Waals surface area contributed by atoms with Crippen LogP contribution in [0.15, 0.2) is 24.3 Å². The molecule has 0 unspecified atom stereocenters. The van der Waals surface area contributed by atoms with E-state index in [0.717, 1.165) is 12.8 Å². The highest BCUT2D eigenvalue weighted by atomic mass is 19.4. The minimum absolute atomic E-state index is 0.288. The lowest BCUT2D eigenvalue weighted by molar-refractivity contribution is -0.164. The largest absolute Gasteiger partial charge is 0.408 e. The Morgan fingerprint density at radius 3 is 2.21 bits per heavy atom. The molecule has 0 bridgehead atoms. The van der Waals surface area contributed by atoms with Crippen LogP contribution in [0.3, 0.4) is 0 Å². The van der Waals surface area contributed by atoms with Crippen LogP contribution in [0, 0.1) is 5.92 Å². The van der Waals surface area contributed by atoms with Crippen LogP contribution in [0.25, 0.3) is 0 Å². The van der Waals surface area contributed by atoms with Crippen LogP contribution in [0.1, 0.15) is 36.0 Å². The van der Waals surface area contributed by atoms with Crippen LogP contribution in [-0.2, 0) is 0 Å². The molecule has 1 aromatic rings. The topological polar surface area (TPSA) is 70.2 Å². The molecule has 3 amide bonds.